The van der Waals surface area contributed by atoms with Crippen molar-refractivity contribution in [3.8, 4) is 0 Å². The number of rotatable bonds is 11. The Morgan fingerprint density at radius 3 is 2.08 bits per heavy atom. The summed E-state index contributed by atoms with van der Waals surface area (Å²) in [5.74, 6) is -1.23. The van der Waals surface area contributed by atoms with Crippen LogP contribution in [0.4, 0.5) is 10.1 Å². The van der Waals surface area contributed by atoms with Gasteiger partial charge < -0.3 is 10.2 Å². The molecule has 1 N–H and O–H groups in total. The Morgan fingerprint density at radius 1 is 0.897 bits per heavy atom. The molecular weight excluding hydrogens is 517 g/mol. The Kier molecular flexibility index (Phi) is 9.35. The van der Waals surface area contributed by atoms with Gasteiger partial charge in [-0.05, 0) is 48.2 Å². The van der Waals surface area contributed by atoms with Gasteiger partial charge in [-0.3, -0.25) is 13.9 Å². The minimum Gasteiger partial charge on any atom is -0.352 e. The molecule has 7 nitrogen and oxygen atoms in total. The number of benzene rings is 3. The maximum atomic E-state index is 14.0. The molecule has 206 valence electrons. The lowest BCUT2D eigenvalue weighted by Gasteiger charge is -2.34. The first kappa shape index (κ1) is 28.3. The maximum absolute atomic E-state index is 14.0. The predicted octanol–water partition coefficient (Wildman–Crippen LogP) is 4.29. The Balaban J connectivity index is 1.70. The van der Waals surface area contributed by atoms with Crippen LogP contribution in [-0.2, 0) is 32.6 Å². The van der Waals surface area contributed by atoms with E-state index < -0.39 is 34.3 Å². The molecule has 0 aliphatic heterocycles. The summed E-state index contributed by atoms with van der Waals surface area (Å²) in [5, 5.41) is 3.12. The largest absolute Gasteiger partial charge is 0.352 e. The number of hydrogen-bond acceptors (Lipinski definition) is 4. The van der Waals surface area contributed by atoms with Crippen LogP contribution < -0.4 is 9.62 Å². The van der Waals surface area contributed by atoms with Crippen molar-refractivity contribution in [2.24, 2.45) is 0 Å². The van der Waals surface area contributed by atoms with Crippen LogP contribution in [0.25, 0.3) is 0 Å². The summed E-state index contributed by atoms with van der Waals surface area (Å²) < 4.78 is 40.2. The van der Waals surface area contributed by atoms with Crippen molar-refractivity contribution in [2.45, 2.75) is 50.7 Å². The van der Waals surface area contributed by atoms with E-state index in [1.807, 2.05) is 30.3 Å². The van der Waals surface area contributed by atoms with Gasteiger partial charge in [0.15, 0.2) is 0 Å². The molecule has 3 aromatic rings. The topological polar surface area (TPSA) is 86.8 Å². The van der Waals surface area contributed by atoms with Gasteiger partial charge in [0.1, 0.15) is 18.4 Å². The van der Waals surface area contributed by atoms with E-state index in [2.05, 4.69) is 5.32 Å². The van der Waals surface area contributed by atoms with Crippen LogP contribution >= 0.6 is 0 Å². The van der Waals surface area contributed by atoms with Crippen molar-refractivity contribution in [3.63, 3.8) is 0 Å². The van der Waals surface area contributed by atoms with Crippen LogP contribution in [0.15, 0.2) is 84.9 Å². The zero-order chi connectivity index (χ0) is 27.8. The van der Waals surface area contributed by atoms with Gasteiger partial charge in [0.2, 0.25) is 21.8 Å². The standard InChI is InChI=1S/C30H34FN3O4S/c1-39(37,38)34(27-14-6-3-7-15-27)22-29(35)33(21-24-16-18-25(31)19-17-24)28(20-23-10-4-2-5-11-23)30(36)32-26-12-8-9-13-26/h2-7,10-11,14-19,26,28H,8-9,12-13,20-22H2,1H3,(H,32,36). The van der Waals surface area contributed by atoms with Crippen LogP contribution in [0.1, 0.15) is 36.8 Å². The van der Waals surface area contributed by atoms with Gasteiger partial charge in [-0.1, -0.05) is 73.5 Å². The van der Waals surface area contributed by atoms with E-state index >= 15 is 0 Å². The van der Waals surface area contributed by atoms with Gasteiger partial charge in [-0.15, -0.1) is 0 Å². The molecule has 0 bridgehead atoms. The highest BCUT2D eigenvalue weighted by Crippen LogP contribution is 2.22. The van der Waals surface area contributed by atoms with E-state index in [1.54, 1.807) is 42.5 Å². The molecule has 3 aromatic carbocycles. The minimum absolute atomic E-state index is 0.0150. The van der Waals surface area contributed by atoms with E-state index in [9.17, 15) is 22.4 Å². The molecule has 0 radical (unpaired) electrons. The molecule has 0 heterocycles. The average Bonchev–Trinajstić information content (AvgIpc) is 3.43. The van der Waals surface area contributed by atoms with Crippen molar-refractivity contribution in [3.05, 3.63) is 102 Å². The lowest BCUT2D eigenvalue weighted by atomic mass is 10.0. The van der Waals surface area contributed by atoms with Gasteiger partial charge >= 0.3 is 0 Å². The van der Waals surface area contributed by atoms with Crippen molar-refractivity contribution < 1.29 is 22.4 Å². The highest BCUT2D eigenvalue weighted by atomic mass is 32.2. The second kappa shape index (κ2) is 12.9. The summed E-state index contributed by atoms with van der Waals surface area (Å²) in [6.45, 7) is -0.465. The Hall–Kier alpha value is -3.72. The SMILES string of the molecule is CS(=O)(=O)N(CC(=O)N(Cc1ccc(F)cc1)C(Cc1ccccc1)C(=O)NC1CCCC1)c1ccccc1. The molecule has 1 fully saturated rings. The van der Waals surface area contributed by atoms with Crippen molar-refractivity contribution in [2.75, 3.05) is 17.1 Å². The summed E-state index contributed by atoms with van der Waals surface area (Å²) >= 11 is 0. The first-order valence-corrected chi connectivity index (χ1v) is 15.0. The summed E-state index contributed by atoms with van der Waals surface area (Å²) in [5.41, 5.74) is 1.84. The van der Waals surface area contributed by atoms with Gasteiger partial charge in [0, 0.05) is 19.0 Å². The van der Waals surface area contributed by atoms with Crippen LogP contribution in [0.3, 0.4) is 0 Å². The first-order chi connectivity index (χ1) is 18.7. The molecule has 2 amide bonds. The fraction of sp³-hybridized carbons (Fsp3) is 0.333. The molecule has 0 spiro atoms. The monoisotopic (exact) mass is 551 g/mol. The molecule has 1 unspecified atom stereocenters. The summed E-state index contributed by atoms with van der Waals surface area (Å²) in [4.78, 5) is 29.2. The van der Waals surface area contributed by atoms with Crippen LogP contribution in [-0.4, -0.2) is 50.0 Å². The van der Waals surface area contributed by atoms with Gasteiger partial charge in [-0.25, -0.2) is 12.8 Å². The number of para-hydroxylation sites is 1. The molecular formula is C30H34FN3O4S. The third-order valence-electron chi connectivity index (χ3n) is 6.96. The highest BCUT2D eigenvalue weighted by molar-refractivity contribution is 7.92. The van der Waals surface area contributed by atoms with Crippen LogP contribution in [0, 0.1) is 5.82 Å². The summed E-state index contributed by atoms with van der Waals surface area (Å²) in [6.07, 6.45) is 5.12. The van der Waals surface area contributed by atoms with E-state index in [-0.39, 0.29) is 24.9 Å². The fourth-order valence-electron chi connectivity index (χ4n) is 4.92. The number of nitrogens with one attached hydrogen (secondary N) is 1. The predicted molar refractivity (Wildman–Crippen MR) is 150 cm³/mol. The maximum Gasteiger partial charge on any atom is 0.244 e. The number of amides is 2. The van der Waals surface area contributed by atoms with Crippen molar-refractivity contribution >= 4 is 27.5 Å². The van der Waals surface area contributed by atoms with Gasteiger partial charge in [0.25, 0.3) is 0 Å². The van der Waals surface area contributed by atoms with E-state index in [0.29, 0.717) is 11.3 Å². The molecule has 4 rings (SSSR count). The second-order valence-electron chi connectivity index (χ2n) is 9.95. The Bertz CT molecular complexity index is 1350. The molecule has 1 atom stereocenters. The van der Waals surface area contributed by atoms with Crippen molar-refractivity contribution in [1.82, 2.24) is 10.2 Å². The molecule has 0 saturated heterocycles. The van der Waals surface area contributed by atoms with Crippen molar-refractivity contribution in [1.29, 1.82) is 0 Å². The molecule has 1 aliphatic rings. The zero-order valence-electron chi connectivity index (χ0n) is 22.0. The fourth-order valence-corrected chi connectivity index (χ4v) is 5.77. The molecule has 1 saturated carbocycles. The lowest BCUT2D eigenvalue weighted by Crippen LogP contribution is -2.54. The molecule has 39 heavy (non-hydrogen) atoms. The van der Waals surface area contributed by atoms with E-state index in [0.717, 1.165) is 41.8 Å². The number of carbonyl (C=O) groups excluding carboxylic acids is 2. The van der Waals surface area contributed by atoms with Gasteiger partial charge in [0.05, 0.1) is 11.9 Å². The second-order valence-corrected chi connectivity index (χ2v) is 11.9. The van der Waals surface area contributed by atoms with E-state index in [1.165, 1.54) is 17.0 Å². The quantitative estimate of drug-likeness (QED) is 0.385. The number of anilines is 1. The molecule has 9 heteroatoms. The average molecular weight is 552 g/mol. The highest BCUT2D eigenvalue weighted by Gasteiger charge is 2.34. The Morgan fingerprint density at radius 2 is 1.49 bits per heavy atom. The van der Waals surface area contributed by atoms with E-state index in [4.69, 9.17) is 0 Å². The van der Waals surface area contributed by atoms with Gasteiger partial charge in [-0.2, -0.15) is 0 Å². The summed E-state index contributed by atoms with van der Waals surface area (Å²) in [7, 11) is -3.81. The number of carbonyl (C=O) groups is 2. The van der Waals surface area contributed by atoms with Crippen LogP contribution in [0.5, 0.6) is 0 Å². The molecule has 1 aliphatic carbocycles. The first-order valence-electron chi connectivity index (χ1n) is 13.1. The molecule has 0 aromatic heterocycles. The van der Waals surface area contributed by atoms with Crippen LogP contribution in [0.2, 0.25) is 0 Å². The number of hydrogen-bond donors (Lipinski definition) is 1. The zero-order valence-corrected chi connectivity index (χ0v) is 22.8. The normalized spacial score (nSPS) is 14.5. The Labute approximate surface area is 229 Å². The third-order valence-corrected chi connectivity index (χ3v) is 8.10. The third kappa shape index (κ3) is 7.89. The number of halogens is 1. The minimum atomic E-state index is -3.81. The number of sulfonamides is 1. The number of nitrogens with zero attached hydrogens (tertiary/aromatic N) is 2. The smallest absolute Gasteiger partial charge is 0.244 e. The summed E-state index contributed by atoms with van der Waals surface area (Å²) in [6, 6.07) is 22.7. The lowest BCUT2D eigenvalue weighted by molar-refractivity contribution is -0.140.